The molecule has 0 radical (unpaired) electrons. The first-order valence-corrected chi connectivity index (χ1v) is 7.20. The van der Waals surface area contributed by atoms with Crippen LogP contribution in [0.3, 0.4) is 0 Å². The van der Waals surface area contributed by atoms with Gasteiger partial charge in [-0.1, -0.05) is 6.92 Å². The van der Waals surface area contributed by atoms with E-state index in [4.69, 9.17) is 4.74 Å². The highest BCUT2D eigenvalue weighted by Crippen LogP contribution is 2.23. The summed E-state index contributed by atoms with van der Waals surface area (Å²) in [5, 5.41) is 2.61. The molecule has 1 fully saturated rings. The predicted octanol–water partition coefficient (Wildman–Crippen LogP) is 2.65. The molecule has 1 saturated heterocycles. The minimum atomic E-state index is -0.749. The van der Waals surface area contributed by atoms with Gasteiger partial charge in [0.25, 0.3) is 5.91 Å². The van der Waals surface area contributed by atoms with E-state index in [9.17, 15) is 13.6 Å². The number of carbonyl (C=O) groups is 1. The van der Waals surface area contributed by atoms with Crippen molar-refractivity contribution in [1.82, 2.24) is 4.90 Å². The molecule has 1 aromatic rings. The van der Waals surface area contributed by atoms with E-state index in [0.717, 1.165) is 18.6 Å². The number of rotatable bonds is 4. The Balaban J connectivity index is 2.26. The van der Waals surface area contributed by atoms with Crippen LogP contribution in [0, 0.1) is 11.6 Å². The van der Waals surface area contributed by atoms with Gasteiger partial charge in [-0.3, -0.25) is 4.79 Å². The molecule has 4 nitrogen and oxygen atoms in total. The van der Waals surface area contributed by atoms with Gasteiger partial charge in [0.1, 0.15) is 17.3 Å². The number of benzene rings is 1. The SMILES string of the molecule is CCNc1c(F)cc(C(=O)N2CCOCC2CC)cc1F. The van der Waals surface area contributed by atoms with Gasteiger partial charge in [-0.25, -0.2) is 8.78 Å². The normalized spacial score (nSPS) is 18.7. The first kappa shape index (κ1) is 15.7. The Morgan fingerprint density at radius 3 is 2.62 bits per heavy atom. The highest BCUT2D eigenvalue weighted by molar-refractivity contribution is 5.95. The van der Waals surface area contributed by atoms with E-state index in [0.29, 0.717) is 26.3 Å². The van der Waals surface area contributed by atoms with Crippen LogP contribution in [-0.4, -0.2) is 43.2 Å². The number of hydrogen-bond acceptors (Lipinski definition) is 3. The zero-order chi connectivity index (χ0) is 15.4. The number of anilines is 1. The highest BCUT2D eigenvalue weighted by Gasteiger charge is 2.28. The summed E-state index contributed by atoms with van der Waals surface area (Å²) in [4.78, 5) is 14.1. The van der Waals surface area contributed by atoms with Gasteiger partial charge < -0.3 is 15.0 Å². The first-order chi connectivity index (χ1) is 10.1. The molecular formula is C15H20F2N2O2. The standard InChI is InChI=1S/C15H20F2N2O2/c1-3-11-9-21-6-5-19(11)15(20)10-7-12(16)14(18-4-2)13(17)8-10/h7-8,11,18H,3-6,9H2,1-2H3. The lowest BCUT2D eigenvalue weighted by atomic mass is 10.1. The molecule has 0 saturated carbocycles. The average molecular weight is 298 g/mol. The third kappa shape index (κ3) is 3.32. The average Bonchev–Trinajstić information content (AvgIpc) is 2.50. The Bertz CT molecular complexity index is 499. The molecule has 0 aliphatic carbocycles. The van der Waals surface area contributed by atoms with Crippen molar-refractivity contribution < 1.29 is 18.3 Å². The number of ether oxygens (including phenoxy) is 1. The fraction of sp³-hybridized carbons (Fsp3) is 0.533. The summed E-state index contributed by atoms with van der Waals surface area (Å²) < 4.78 is 33.1. The summed E-state index contributed by atoms with van der Waals surface area (Å²) in [6.07, 6.45) is 0.742. The van der Waals surface area contributed by atoms with Crippen molar-refractivity contribution in [2.24, 2.45) is 0 Å². The lowest BCUT2D eigenvalue weighted by Crippen LogP contribution is -2.48. The van der Waals surface area contributed by atoms with Gasteiger partial charge in [0.15, 0.2) is 0 Å². The summed E-state index contributed by atoms with van der Waals surface area (Å²) in [5.41, 5.74) is -0.157. The second kappa shape index (κ2) is 6.85. The maximum atomic E-state index is 13.9. The zero-order valence-electron chi connectivity index (χ0n) is 12.3. The molecule has 1 aromatic carbocycles. The van der Waals surface area contributed by atoms with Crippen molar-refractivity contribution in [2.75, 3.05) is 31.6 Å². The molecule has 6 heteroatoms. The molecule has 2 rings (SSSR count). The highest BCUT2D eigenvalue weighted by atomic mass is 19.1. The van der Waals surface area contributed by atoms with Gasteiger partial charge in [-0.15, -0.1) is 0 Å². The molecule has 0 bridgehead atoms. The number of nitrogens with one attached hydrogen (secondary N) is 1. The quantitative estimate of drug-likeness (QED) is 0.929. The van der Waals surface area contributed by atoms with Crippen LogP contribution in [0.25, 0.3) is 0 Å². The lowest BCUT2D eigenvalue weighted by Gasteiger charge is -2.35. The molecule has 1 N–H and O–H groups in total. The minimum absolute atomic E-state index is 0.0343. The topological polar surface area (TPSA) is 41.6 Å². The van der Waals surface area contributed by atoms with E-state index >= 15 is 0 Å². The van der Waals surface area contributed by atoms with Crippen LogP contribution in [0.2, 0.25) is 0 Å². The molecule has 21 heavy (non-hydrogen) atoms. The number of halogens is 2. The Morgan fingerprint density at radius 1 is 1.38 bits per heavy atom. The van der Waals surface area contributed by atoms with Crippen molar-refractivity contribution in [3.8, 4) is 0 Å². The number of carbonyl (C=O) groups excluding carboxylic acids is 1. The van der Waals surface area contributed by atoms with Gasteiger partial charge in [-0.2, -0.15) is 0 Å². The van der Waals surface area contributed by atoms with E-state index in [1.807, 2.05) is 6.92 Å². The molecule has 1 aliphatic rings. The summed E-state index contributed by atoms with van der Waals surface area (Å²) in [7, 11) is 0. The molecular weight excluding hydrogens is 278 g/mol. The minimum Gasteiger partial charge on any atom is -0.381 e. The van der Waals surface area contributed by atoms with Gasteiger partial charge >= 0.3 is 0 Å². The largest absolute Gasteiger partial charge is 0.381 e. The molecule has 1 aliphatic heterocycles. The first-order valence-electron chi connectivity index (χ1n) is 7.20. The van der Waals surface area contributed by atoms with Crippen molar-refractivity contribution in [3.05, 3.63) is 29.3 Å². The molecule has 116 valence electrons. The monoisotopic (exact) mass is 298 g/mol. The summed E-state index contributed by atoms with van der Waals surface area (Å²) in [6.45, 7) is 5.45. The van der Waals surface area contributed by atoms with Crippen molar-refractivity contribution in [3.63, 3.8) is 0 Å². The Kier molecular flexibility index (Phi) is 5.12. The van der Waals surface area contributed by atoms with Crippen LogP contribution in [0.4, 0.5) is 14.5 Å². The van der Waals surface area contributed by atoms with Crippen LogP contribution in [-0.2, 0) is 4.74 Å². The maximum Gasteiger partial charge on any atom is 0.254 e. The maximum absolute atomic E-state index is 13.9. The summed E-state index contributed by atoms with van der Waals surface area (Å²) in [6, 6.07) is 2.13. The second-order valence-corrected chi connectivity index (χ2v) is 4.98. The smallest absolute Gasteiger partial charge is 0.254 e. The number of morpholine rings is 1. The Hall–Kier alpha value is -1.69. The summed E-state index contributed by atoms with van der Waals surface area (Å²) >= 11 is 0. The molecule has 1 unspecified atom stereocenters. The van der Waals surface area contributed by atoms with E-state index in [1.165, 1.54) is 0 Å². The third-order valence-corrected chi connectivity index (χ3v) is 3.60. The predicted molar refractivity (Wildman–Crippen MR) is 76.5 cm³/mol. The molecule has 1 heterocycles. The molecule has 1 amide bonds. The van der Waals surface area contributed by atoms with Crippen LogP contribution in [0.15, 0.2) is 12.1 Å². The van der Waals surface area contributed by atoms with Gasteiger partial charge in [0, 0.05) is 18.7 Å². The van der Waals surface area contributed by atoms with Crippen LogP contribution in [0.5, 0.6) is 0 Å². The second-order valence-electron chi connectivity index (χ2n) is 4.98. The van der Waals surface area contributed by atoms with Gasteiger partial charge in [0.2, 0.25) is 0 Å². The van der Waals surface area contributed by atoms with Crippen LogP contribution in [0.1, 0.15) is 30.6 Å². The molecule has 0 spiro atoms. The number of nitrogens with zero attached hydrogens (tertiary/aromatic N) is 1. The number of amides is 1. The van der Waals surface area contributed by atoms with Crippen molar-refractivity contribution >= 4 is 11.6 Å². The Labute approximate surface area is 123 Å². The van der Waals surface area contributed by atoms with E-state index in [-0.39, 0.29) is 23.2 Å². The fourth-order valence-corrected chi connectivity index (χ4v) is 2.47. The fourth-order valence-electron chi connectivity index (χ4n) is 2.47. The van der Waals surface area contributed by atoms with Crippen molar-refractivity contribution in [2.45, 2.75) is 26.3 Å². The zero-order valence-corrected chi connectivity index (χ0v) is 12.3. The summed E-state index contributed by atoms with van der Waals surface area (Å²) in [5.74, 6) is -1.85. The van der Waals surface area contributed by atoms with Gasteiger partial charge in [0.05, 0.1) is 19.3 Å². The van der Waals surface area contributed by atoms with Crippen molar-refractivity contribution in [1.29, 1.82) is 0 Å². The van der Waals surface area contributed by atoms with E-state index < -0.39 is 11.6 Å². The molecule has 1 atom stereocenters. The van der Waals surface area contributed by atoms with E-state index in [2.05, 4.69) is 5.32 Å². The van der Waals surface area contributed by atoms with Crippen LogP contribution >= 0.6 is 0 Å². The Morgan fingerprint density at radius 2 is 2.05 bits per heavy atom. The number of hydrogen-bond donors (Lipinski definition) is 1. The van der Waals surface area contributed by atoms with Crippen LogP contribution < -0.4 is 5.32 Å². The van der Waals surface area contributed by atoms with E-state index in [1.54, 1.807) is 11.8 Å². The third-order valence-electron chi connectivity index (χ3n) is 3.60. The molecule has 0 aromatic heterocycles. The lowest BCUT2D eigenvalue weighted by molar-refractivity contribution is -0.00283. The van der Waals surface area contributed by atoms with Gasteiger partial charge in [-0.05, 0) is 25.5 Å².